The minimum absolute atomic E-state index is 0.145. The lowest BCUT2D eigenvalue weighted by atomic mass is 10.0. The number of hydrogen-bond donors (Lipinski definition) is 1. The van der Waals surface area contributed by atoms with Crippen molar-refractivity contribution in [2.75, 3.05) is 0 Å². The van der Waals surface area contributed by atoms with Gasteiger partial charge in [-0.05, 0) is 30.5 Å². The van der Waals surface area contributed by atoms with Gasteiger partial charge in [-0.25, -0.2) is 4.98 Å². The third-order valence-electron chi connectivity index (χ3n) is 4.04. The Kier molecular flexibility index (Phi) is 3.50. The molecule has 1 aromatic carbocycles. The standard InChI is InChI=1S/C17H14N4O2S/c1-9-3-4-11(5-10(9)2)12-7-24-17-15(12)16(22)19-14(20-17)6-13-18-8-23-21-13/h3-5,7-8H,6H2,1-2H3,(H,19,20,22). The smallest absolute Gasteiger partial charge is 0.260 e. The Morgan fingerprint density at radius 3 is 2.88 bits per heavy atom. The van der Waals surface area contributed by atoms with E-state index in [1.807, 2.05) is 11.4 Å². The second-order valence-corrected chi connectivity index (χ2v) is 6.52. The van der Waals surface area contributed by atoms with Crippen LogP contribution in [0.5, 0.6) is 0 Å². The molecular weight excluding hydrogens is 324 g/mol. The van der Waals surface area contributed by atoms with E-state index >= 15 is 0 Å². The minimum atomic E-state index is -0.145. The van der Waals surface area contributed by atoms with Crippen LogP contribution in [0.1, 0.15) is 22.8 Å². The first-order valence-electron chi connectivity index (χ1n) is 7.45. The van der Waals surface area contributed by atoms with E-state index in [0.717, 1.165) is 11.1 Å². The Morgan fingerprint density at radius 1 is 1.25 bits per heavy atom. The number of aromatic nitrogens is 4. The molecule has 1 N–H and O–H groups in total. The molecule has 4 rings (SSSR count). The van der Waals surface area contributed by atoms with Crippen molar-refractivity contribution in [3.63, 3.8) is 0 Å². The van der Waals surface area contributed by atoms with Gasteiger partial charge in [0.2, 0.25) is 6.39 Å². The minimum Gasteiger partial charge on any atom is -0.343 e. The van der Waals surface area contributed by atoms with Gasteiger partial charge in [0.05, 0.1) is 11.8 Å². The number of thiophene rings is 1. The summed E-state index contributed by atoms with van der Waals surface area (Å²) in [5, 5.41) is 6.35. The van der Waals surface area contributed by atoms with Gasteiger partial charge in [0.25, 0.3) is 5.56 Å². The van der Waals surface area contributed by atoms with Gasteiger partial charge in [-0.1, -0.05) is 23.4 Å². The fraction of sp³-hybridized carbons (Fsp3) is 0.176. The fourth-order valence-electron chi connectivity index (χ4n) is 2.62. The summed E-state index contributed by atoms with van der Waals surface area (Å²) in [6.07, 6.45) is 1.59. The quantitative estimate of drug-likeness (QED) is 0.620. The molecule has 0 aliphatic carbocycles. The van der Waals surface area contributed by atoms with Crippen molar-refractivity contribution >= 4 is 21.6 Å². The molecule has 0 bridgehead atoms. The van der Waals surface area contributed by atoms with Gasteiger partial charge in [0.15, 0.2) is 5.82 Å². The van der Waals surface area contributed by atoms with Crippen molar-refractivity contribution in [3.05, 3.63) is 63.1 Å². The fourth-order valence-corrected chi connectivity index (χ4v) is 3.59. The van der Waals surface area contributed by atoms with Gasteiger partial charge < -0.3 is 9.51 Å². The lowest BCUT2D eigenvalue weighted by molar-refractivity contribution is 0.411. The predicted octanol–water partition coefficient (Wildman–Crippen LogP) is 3.24. The van der Waals surface area contributed by atoms with Crippen molar-refractivity contribution in [1.29, 1.82) is 0 Å². The van der Waals surface area contributed by atoms with E-state index in [-0.39, 0.29) is 5.56 Å². The number of hydrogen-bond acceptors (Lipinski definition) is 6. The van der Waals surface area contributed by atoms with Crippen LogP contribution in [0.4, 0.5) is 0 Å². The Balaban J connectivity index is 1.82. The highest BCUT2D eigenvalue weighted by molar-refractivity contribution is 7.17. The topological polar surface area (TPSA) is 84.7 Å². The summed E-state index contributed by atoms with van der Waals surface area (Å²) in [4.78, 5) is 24.6. The number of H-pyrrole nitrogens is 1. The first kappa shape index (κ1) is 14.8. The number of nitrogens with one attached hydrogen (secondary N) is 1. The molecule has 0 radical (unpaired) electrons. The number of benzene rings is 1. The maximum Gasteiger partial charge on any atom is 0.260 e. The lowest BCUT2D eigenvalue weighted by Crippen LogP contribution is -2.12. The molecule has 0 saturated carbocycles. The third-order valence-corrected chi connectivity index (χ3v) is 4.92. The van der Waals surface area contributed by atoms with Crippen LogP contribution < -0.4 is 5.56 Å². The van der Waals surface area contributed by atoms with Crippen molar-refractivity contribution in [2.45, 2.75) is 20.3 Å². The molecule has 24 heavy (non-hydrogen) atoms. The Labute approximate surface area is 141 Å². The molecule has 0 saturated heterocycles. The Hall–Kier alpha value is -2.80. The summed E-state index contributed by atoms with van der Waals surface area (Å²) in [6.45, 7) is 4.14. The van der Waals surface area contributed by atoms with Gasteiger partial charge in [0.1, 0.15) is 10.7 Å². The molecule has 0 aliphatic rings. The molecule has 0 amide bonds. The van der Waals surface area contributed by atoms with E-state index in [9.17, 15) is 4.79 Å². The lowest BCUT2D eigenvalue weighted by Gasteiger charge is -2.04. The van der Waals surface area contributed by atoms with Crippen molar-refractivity contribution in [3.8, 4) is 11.1 Å². The molecule has 0 unspecified atom stereocenters. The zero-order chi connectivity index (χ0) is 16.7. The number of rotatable bonds is 3. The summed E-state index contributed by atoms with van der Waals surface area (Å²) in [6, 6.07) is 6.21. The molecule has 0 spiro atoms. The van der Waals surface area contributed by atoms with Crippen LogP contribution in [0.3, 0.4) is 0 Å². The molecule has 0 atom stereocenters. The summed E-state index contributed by atoms with van der Waals surface area (Å²) in [5.74, 6) is 1.02. The van der Waals surface area contributed by atoms with Crippen LogP contribution in [-0.2, 0) is 6.42 Å². The highest BCUT2D eigenvalue weighted by Gasteiger charge is 2.14. The van der Waals surface area contributed by atoms with Crippen LogP contribution in [0.2, 0.25) is 0 Å². The first-order chi connectivity index (χ1) is 11.6. The molecule has 3 heterocycles. The van der Waals surface area contributed by atoms with Gasteiger partial charge >= 0.3 is 0 Å². The van der Waals surface area contributed by atoms with Crippen molar-refractivity contribution in [2.24, 2.45) is 0 Å². The third kappa shape index (κ3) is 2.52. The van der Waals surface area contributed by atoms with Crippen LogP contribution in [0, 0.1) is 13.8 Å². The maximum absolute atomic E-state index is 12.6. The average molecular weight is 338 g/mol. The maximum atomic E-state index is 12.6. The molecule has 0 aliphatic heterocycles. The molecule has 3 aromatic heterocycles. The normalized spacial score (nSPS) is 11.2. The predicted molar refractivity (Wildman–Crippen MR) is 92.3 cm³/mol. The van der Waals surface area contributed by atoms with Gasteiger partial charge in [0, 0.05) is 10.9 Å². The first-order valence-corrected chi connectivity index (χ1v) is 8.33. The van der Waals surface area contributed by atoms with E-state index in [0.29, 0.717) is 28.3 Å². The Morgan fingerprint density at radius 2 is 2.12 bits per heavy atom. The Bertz CT molecular complexity index is 1080. The molecule has 7 heteroatoms. The average Bonchev–Trinajstić information content (AvgIpc) is 3.20. The van der Waals surface area contributed by atoms with Crippen molar-refractivity contribution < 1.29 is 4.52 Å². The molecule has 6 nitrogen and oxygen atoms in total. The van der Waals surface area contributed by atoms with E-state index in [4.69, 9.17) is 4.52 Å². The van der Waals surface area contributed by atoms with E-state index in [1.54, 1.807) is 0 Å². The van der Waals surface area contributed by atoms with Gasteiger partial charge in [-0.3, -0.25) is 4.79 Å². The number of aryl methyl sites for hydroxylation is 2. The molecule has 0 fully saturated rings. The number of fused-ring (bicyclic) bond motifs is 1. The molecular formula is C17H14N4O2S. The summed E-state index contributed by atoms with van der Waals surface area (Å²) >= 11 is 1.46. The van der Waals surface area contributed by atoms with E-state index < -0.39 is 0 Å². The summed E-state index contributed by atoms with van der Waals surface area (Å²) in [7, 11) is 0. The van der Waals surface area contributed by atoms with Crippen LogP contribution >= 0.6 is 11.3 Å². The zero-order valence-electron chi connectivity index (χ0n) is 13.2. The number of aromatic amines is 1. The van der Waals surface area contributed by atoms with Gasteiger partial charge in [-0.2, -0.15) is 4.98 Å². The summed E-state index contributed by atoms with van der Waals surface area (Å²) < 4.78 is 4.71. The molecule has 120 valence electrons. The molecule has 4 aromatic rings. The zero-order valence-corrected chi connectivity index (χ0v) is 14.0. The number of nitrogens with zero attached hydrogens (tertiary/aromatic N) is 3. The van der Waals surface area contributed by atoms with Crippen LogP contribution in [-0.4, -0.2) is 20.1 Å². The SMILES string of the molecule is Cc1ccc(-c2csc3nc(Cc4ncon4)[nH]c(=O)c23)cc1C. The largest absolute Gasteiger partial charge is 0.343 e. The van der Waals surface area contributed by atoms with Crippen LogP contribution in [0.25, 0.3) is 21.3 Å². The highest BCUT2D eigenvalue weighted by Crippen LogP contribution is 2.31. The summed E-state index contributed by atoms with van der Waals surface area (Å²) in [5.41, 5.74) is 4.23. The van der Waals surface area contributed by atoms with Crippen LogP contribution in [0.15, 0.2) is 39.3 Å². The van der Waals surface area contributed by atoms with Crippen molar-refractivity contribution in [1.82, 2.24) is 20.1 Å². The monoisotopic (exact) mass is 338 g/mol. The highest BCUT2D eigenvalue weighted by atomic mass is 32.1. The van der Waals surface area contributed by atoms with E-state index in [1.165, 1.54) is 28.9 Å². The van der Waals surface area contributed by atoms with Gasteiger partial charge in [-0.15, -0.1) is 11.3 Å². The second-order valence-electron chi connectivity index (χ2n) is 5.67. The van der Waals surface area contributed by atoms with E-state index in [2.05, 4.69) is 46.1 Å². The second kappa shape index (κ2) is 5.68.